The van der Waals surface area contributed by atoms with E-state index in [1.165, 1.54) is 0 Å². The van der Waals surface area contributed by atoms with Crippen LogP contribution in [0.3, 0.4) is 0 Å². The van der Waals surface area contributed by atoms with Gasteiger partial charge in [-0.1, -0.05) is 30.3 Å². The highest BCUT2D eigenvalue weighted by molar-refractivity contribution is 5.95. The van der Waals surface area contributed by atoms with Crippen molar-refractivity contribution in [3.8, 4) is 11.5 Å². The molecule has 1 aromatic heterocycles. The van der Waals surface area contributed by atoms with Gasteiger partial charge in [-0.05, 0) is 66.9 Å². The maximum absolute atomic E-state index is 12.5. The minimum atomic E-state index is -0.943. The summed E-state index contributed by atoms with van der Waals surface area (Å²) >= 11 is 0. The number of hydrogen-bond donors (Lipinski definition) is 3. The van der Waals surface area contributed by atoms with Gasteiger partial charge in [0.1, 0.15) is 18.1 Å². The molecule has 2 unspecified atom stereocenters. The van der Waals surface area contributed by atoms with E-state index in [9.17, 15) is 14.8 Å². The Morgan fingerprint density at radius 3 is 2.58 bits per heavy atom. The summed E-state index contributed by atoms with van der Waals surface area (Å²) in [7, 11) is 1.60. The molecule has 1 saturated heterocycles. The van der Waals surface area contributed by atoms with Crippen LogP contribution >= 0.6 is 0 Å². The summed E-state index contributed by atoms with van der Waals surface area (Å²) in [4.78, 5) is 29.7. The van der Waals surface area contributed by atoms with Crippen LogP contribution in [0, 0.1) is 6.92 Å². The molecule has 1 aliphatic rings. The Kier molecular flexibility index (Phi) is 7.68. The normalized spacial score (nSPS) is 18.4. The van der Waals surface area contributed by atoms with Crippen molar-refractivity contribution in [2.45, 2.75) is 37.9 Å². The number of carbonyl (C=O) groups is 2. The van der Waals surface area contributed by atoms with Crippen molar-refractivity contribution in [2.24, 2.45) is 5.73 Å². The first-order chi connectivity index (χ1) is 19.3. The van der Waals surface area contributed by atoms with Crippen LogP contribution in [0.4, 0.5) is 0 Å². The predicted octanol–water partition coefficient (Wildman–Crippen LogP) is 4.52. The van der Waals surface area contributed by atoms with Gasteiger partial charge in [-0.3, -0.25) is 19.8 Å². The van der Waals surface area contributed by atoms with E-state index >= 15 is 0 Å². The highest BCUT2D eigenvalue weighted by Crippen LogP contribution is 2.47. The van der Waals surface area contributed by atoms with Gasteiger partial charge < -0.3 is 19.9 Å². The number of rotatable bonds is 9. The van der Waals surface area contributed by atoms with E-state index in [0.717, 1.165) is 27.7 Å². The second-order valence-corrected chi connectivity index (χ2v) is 10.1. The monoisotopic (exact) mass is 541 g/mol. The molecule has 5 rings (SSSR count). The molecular weight excluding hydrogens is 510 g/mol. The minimum Gasteiger partial charge on any atom is -0.497 e. The predicted molar refractivity (Wildman–Crippen MR) is 148 cm³/mol. The van der Waals surface area contributed by atoms with Gasteiger partial charge in [-0.2, -0.15) is 0 Å². The summed E-state index contributed by atoms with van der Waals surface area (Å²) in [6.45, 7) is 2.34. The number of nitrogens with zero attached hydrogens (tertiary/aromatic N) is 1. The van der Waals surface area contributed by atoms with Gasteiger partial charge in [-0.15, -0.1) is 0 Å². The lowest BCUT2D eigenvalue weighted by Crippen LogP contribution is -2.36. The molecule has 1 aliphatic heterocycles. The van der Waals surface area contributed by atoms with E-state index in [1.54, 1.807) is 30.8 Å². The number of hydroxylamine groups is 1. The van der Waals surface area contributed by atoms with Crippen LogP contribution in [-0.4, -0.2) is 35.7 Å². The van der Waals surface area contributed by atoms with E-state index < -0.39 is 17.2 Å². The maximum Gasteiger partial charge on any atom is 0.249 e. The molecule has 0 radical (unpaired) electrons. The second kappa shape index (κ2) is 11.3. The van der Waals surface area contributed by atoms with Gasteiger partial charge in [0, 0.05) is 34.0 Å². The molecule has 206 valence electrons. The Morgan fingerprint density at radius 1 is 1.10 bits per heavy atom. The van der Waals surface area contributed by atoms with Crippen LogP contribution in [0.15, 0.2) is 72.8 Å². The standard InChI is InChI=1S/C31H31N3O6/c1-19-13-21(24-5-3-4-6-27(24)33-19)17-39-23-11-12-25(30(32)36)26(14-23)31(16-29(35)34-37)15-28(40-18-31)20-7-9-22(38-2)10-8-20/h3-14,28,37H,15-18H2,1-2H3,(H2,32,36)(H,34,35). The second-order valence-electron chi connectivity index (χ2n) is 10.1. The molecule has 2 heterocycles. The van der Waals surface area contributed by atoms with Gasteiger partial charge in [0.05, 0.1) is 25.3 Å². The van der Waals surface area contributed by atoms with Gasteiger partial charge in [0.15, 0.2) is 0 Å². The fraction of sp³-hybridized carbons (Fsp3) is 0.258. The molecule has 3 aromatic carbocycles. The number of hydrogen-bond acceptors (Lipinski definition) is 7. The first-order valence-corrected chi connectivity index (χ1v) is 12.9. The molecule has 4 aromatic rings. The number of nitrogens with one attached hydrogen (secondary N) is 1. The van der Waals surface area contributed by atoms with Crippen molar-refractivity contribution in [2.75, 3.05) is 13.7 Å². The molecule has 0 aliphatic carbocycles. The van der Waals surface area contributed by atoms with Crippen molar-refractivity contribution in [3.63, 3.8) is 0 Å². The minimum absolute atomic E-state index is 0.117. The largest absolute Gasteiger partial charge is 0.497 e. The number of fused-ring (bicyclic) bond motifs is 1. The number of methoxy groups -OCH3 is 1. The summed E-state index contributed by atoms with van der Waals surface area (Å²) in [5, 5.41) is 10.4. The SMILES string of the molecule is COc1ccc(C2CC(CC(=O)NO)(c3cc(OCc4cc(C)nc5ccccc45)ccc3C(N)=O)CO2)cc1. The molecule has 1 fully saturated rings. The third-order valence-corrected chi connectivity index (χ3v) is 7.40. The lowest BCUT2D eigenvalue weighted by molar-refractivity contribution is -0.130. The quantitative estimate of drug-likeness (QED) is 0.210. The number of aryl methyl sites for hydroxylation is 1. The Hall–Kier alpha value is -4.47. The van der Waals surface area contributed by atoms with Gasteiger partial charge in [-0.25, -0.2) is 5.48 Å². The number of aromatic nitrogens is 1. The molecule has 0 spiro atoms. The molecule has 2 atom stereocenters. The summed E-state index contributed by atoms with van der Waals surface area (Å²) < 4.78 is 17.7. The van der Waals surface area contributed by atoms with E-state index in [0.29, 0.717) is 23.5 Å². The van der Waals surface area contributed by atoms with E-state index in [1.807, 2.05) is 61.5 Å². The van der Waals surface area contributed by atoms with Gasteiger partial charge >= 0.3 is 0 Å². The Morgan fingerprint density at radius 2 is 1.85 bits per heavy atom. The number of nitrogens with two attached hydrogens (primary N) is 1. The number of carbonyl (C=O) groups excluding carboxylic acids is 2. The van der Waals surface area contributed by atoms with Crippen molar-refractivity contribution >= 4 is 22.7 Å². The topological polar surface area (TPSA) is 133 Å². The molecule has 2 amide bonds. The highest BCUT2D eigenvalue weighted by atomic mass is 16.5. The number of pyridine rings is 1. The summed E-state index contributed by atoms with van der Waals surface area (Å²) in [6.07, 6.45) is -0.0903. The first kappa shape index (κ1) is 27.1. The van der Waals surface area contributed by atoms with Crippen molar-refractivity contribution in [3.05, 3.63) is 101 Å². The van der Waals surface area contributed by atoms with Gasteiger partial charge in [0.2, 0.25) is 11.8 Å². The van der Waals surface area contributed by atoms with Crippen LogP contribution in [0.25, 0.3) is 10.9 Å². The molecule has 0 bridgehead atoms. The summed E-state index contributed by atoms with van der Waals surface area (Å²) in [5.41, 5.74) is 11.0. The molecule has 9 nitrogen and oxygen atoms in total. The molecule has 4 N–H and O–H groups in total. The number of para-hydroxylation sites is 1. The molecule has 0 saturated carbocycles. The third kappa shape index (κ3) is 5.47. The first-order valence-electron chi connectivity index (χ1n) is 12.9. The zero-order valence-electron chi connectivity index (χ0n) is 22.3. The maximum atomic E-state index is 12.5. The summed E-state index contributed by atoms with van der Waals surface area (Å²) in [6, 6.07) is 22.4. The molecular formula is C31H31N3O6. The average molecular weight is 542 g/mol. The number of primary amides is 1. The molecule has 40 heavy (non-hydrogen) atoms. The van der Waals surface area contributed by atoms with Crippen molar-refractivity contribution in [1.29, 1.82) is 0 Å². The van der Waals surface area contributed by atoms with E-state index in [4.69, 9.17) is 19.9 Å². The van der Waals surface area contributed by atoms with Crippen molar-refractivity contribution in [1.82, 2.24) is 10.5 Å². The van der Waals surface area contributed by atoms with Crippen LogP contribution in [0.2, 0.25) is 0 Å². The summed E-state index contributed by atoms with van der Waals surface area (Å²) in [5.74, 6) is -0.00522. The third-order valence-electron chi connectivity index (χ3n) is 7.40. The zero-order chi connectivity index (χ0) is 28.3. The van der Waals surface area contributed by atoms with Crippen LogP contribution < -0.4 is 20.7 Å². The number of ether oxygens (including phenoxy) is 3. The highest BCUT2D eigenvalue weighted by Gasteiger charge is 2.45. The smallest absolute Gasteiger partial charge is 0.249 e. The lowest BCUT2D eigenvalue weighted by atomic mass is 9.73. The van der Waals surface area contributed by atoms with Gasteiger partial charge in [0.25, 0.3) is 0 Å². The lowest BCUT2D eigenvalue weighted by Gasteiger charge is -2.29. The van der Waals surface area contributed by atoms with E-state index in [2.05, 4.69) is 4.98 Å². The van der Waals surface area contributed by atoms with E-state index in [-0.39, 0.29) is 31.3 Å². The fourth-order valence-electron chi connectivity index (χ4n) is 5.46. The Labute approximate surface area is 231 Å². The van der Waals surface area contributed by atoms with Crippen molar-refractivity contribution < 1.29 is 29.0 Å². The Balaban J connectivity index is 1.50. The average Bonchev–Trinajstić information content (AvgIpc) is 3.40. The van der Waals surface area contributed by atoms with Crippen LogP contribution in [0.1, 0.15) is 51.7 Å². The van der Waals surface area contributed by atoms with Crippen LogP contribution in [-0.2, 0) is 21.6 Å². The van der Waals surface area contributed by atoms with Crippen LogP contribution in [0.5, 0.6) is 11.5 Å². The number of amides is 2. The molecule has 9 heteroatoms. The Bertz CT molecular complexity index is 1560. The fourth-order valence-corrected chi connectivity index (χ4v) is 5.46. The zero-order valence-corrected chi connectivity index (χ0v) is 22.3. The number of benzene rings is 3.